The highest BCUT2D eigenvalue weighted by Crippen LogP contribution is 2.43. The number of aromatic amines is 1. The van der Waals surface area contributed by atoms with Crippen molar-refractivity contribution >= 4 is 17.2 Å². The van der Waals surface area contributed by atoms with Gasteiger partial charge in [0.05, 0.1) is 29.9 Å². The van der Waals surface area contributed by atoms with Gasteiger partial charge in [-0.3, -0.25) is 9.67 Å². The highest BCUT2D eigenvalue weighted by Gasteiger charge is 2.44. The zero-order chi connectivity index (χ0) is 22.5. The molecule has 1 aliphatic heterocycles. The summed E-state index contributed by atoms with van der Waals surface area (Å²) >= 11 is 1.43. The highest BCUT2D eigenvalue weighted by molar-refractivity contribution is 7.13. The van der Waals surface area contributed by atoms with E-state index in [-0.39, 0.29) is 6.54 Å². The number of alkyl halides is 3. The van der Waals surface area contributed by atoms with Crippen LogP contribution in [0.5, 0.6) is 0 Å². The van der Waals surface area contributed by atoms with Gasteiger partial charge >= 0.3 is 6.18 Å². The predicted octanol–water partition coefficient (Wildman–Crippen LogP) is 3.97. The van der Waals surface area contributed by atoms with Crippen LogP contribution in [0.3, 0.4) is 0 Å². The number of nitrogens with one attached hydrogen (secondary N) is 1. The first-order chi connectivity index (χ1) is 15.3. The first-order valence-corrected chi connectivity index (χ1v) is 10.8. The van der Waals surface area contributed by atoms with Crippen LogP contribution in [0.1, 0.15) is 32.5 Å². The molecule has 166 valence electrons. The number of nitrogens with zero attached hydrogens (tertiary/aromatic N) is 8. The fourth-order valence-corrected chi connectivity index (χ4v) is 4.55. The fourth-order valence-electron chi connectivity index (χ4n) is 3.90. The molecule has 1 atom stereocenters. The topological polar surface area (TPSA) is 101 Å². The molecule has 1 N–H and O–H groups in total. The molecule has 0 radical (unpaired) electrons. The van der Waals surface area contributed by atoms with Gasteiger partial charge in [-0.05, 0) is 13.3 Å². The SMILES string of the molecule is CC[C@]1(C)c2nncn2-c2cnc(-c3cn[nH]c3-c3nccs3)nc2N1CCC(F)(F)F. The van der Waals surface area contributed by atoms with E-state index >= 15 is 0 Å². The molecule has 0 amide bonds. The van der Waals surface area contributed by atoms with E-state index in [9.17, 15) is 13.2 Å². The second-order valence-electron chi connectivity index (χ2n) is 7.57. The molecule has 4 aromatic rings. The minimum absolute atomic E-state index is 0.269. The van der Waals surface area contributed by atoms with Crippen molar-refractivity contribution in [1.29, 1.82) is 0 Å². The van der Waals surface area contributed by atoms with Crippen molar-refractivity contribution in [2.75, 3.05) is 11.4 Å². The van der Waals surface area contributed by atoms with Gasteiger partial charge in [0, 0.05) is 18.1 Å². The van der Waals surface area contributed by atoms with Crippen molar-refractivity contribution in [3.05, 3.63) is 36.1 Å². The van der Waals surface area contributed by atoms with Crippen LogP contribution in [0.2, 0.25) is 0 Å². The molecule has 0 aliphatic carbocycles. The summed E-state index contributed by atoms with van der Waals surface area (Å²) in [7, 11) is 0. The zero-order valence-electron chi connectivity index (χ0n) is 17.1. The maximum Gasteiger partial charge on any atom is 0.390 e. The summed E-state index contributed by atoms with van der Waals surface area (Å²) in [6.45, 7) is 3.49. The summed E-state index contributed by atoms with van der Waals surface area (Å²) in [4.78, 5) is 15.2. The van der Waals surface area contributed by atoms with Gasteiger partial charge < -0.3 is 4.90 Å². The minimum atomic E-state index is -4.31. The third-order valence-corrected chi connectivity index (χ3v) is 6.51. The molecule has 0 saturated heterocycles. The number of thiazole rings is 1. The smallest absolute Gasteiger partial charge is 0.342 e. The van der Waals surface area contributed by atoms with Crippen LogP contribution in [0.15, 0.2) is 30.3 Å². The Labute approximate surface area is 184 Å². The normalized spacial score (nSPS) is 18.0. The van der Waals surface area contributed by atoms with Gasteiger partial charge in [-0.25, -0.2) is 15.0 Å². The summed E-state index contributed by atoms with van der Waals surface area (Å²) in [6.07, 6.45) is 1.61. The largest absolute Gasteiger partial charge is 0.390 e. The molecule has 0 saturated carbocycles. The van der Waals surface area contributed by atoms with Crippen LogP contribution in [0.25, 0.3) is 27.8 Å². The number of halogens is 3. The second kappa shape index (κ2) is 7.36. The predicted molar refractivity (Wildman–Crippen MR) is 111 cm³/mol. The van der Waals surface area contributed by atoms with Crippen molar-refractivity contribution in [3.63, 3.8) is 0 Å². The van der Waals surface area contributed by atoms with Crippen molar-refractivity contribution < 1.29 is 13.2 Å². The number of rotatable bonds is 5. The van der Waals surface area contributed by atoms with Crippen molar-refractivity contribution in [3.8, 4) is 27.8 Å². The van der Waals surface area contributed by atoms with E-state index in [0.29, 0.717) is 45.8 Å². The molecule has 0 fully saturated rings. The average Bonchev–Trinajstić information content (AvgIpc) is 3.53. The van der Waals surface area contributed by atoms with Gasteiger partial charge in [-0.2, -0.15) is 18.3 Å². The molecule has 9 nitrogen and oxygen atoms in total. The Balaban J connectivity index is 1.66. The molecular formula is C19H18F3N9S. The molecular weight excluding hydrogens is 443 g/mol. The molecule has 0 bridgehead atoms. The monoisotopic (exact) mass is 461 g/mol. The standard InChI is InChI=1S/C19H18F3N9S/c1-3-18(2)17-29-26-10-30(17)12-9-24-14(27-15(12)31(18)6-4-19(20,21)22)11-8-25-28-13(11)16-23-5-7-32-16/h5,7-10H,3-4,6H2,1-2H3,(H,25,28)/t18-/m1/s1. The number of anilines is 1. The lowest BCUT2D eigenvalue weighted by Crippen LogP contribution is -2.50. The van der Waals surface area contributed by atoms with E-state index in [4.69, 9.17) is 4.98 Å². The Morgan fingerprint density at radius 2 is 2.06 bits per heavy atom. The molecule has 1 aliphatic rings. The number of fused-ring (bicyclic) bond motifs is 3. The lowest BCUT2D eigenvalue weighted by atomic mass is 9.92. The second-order valence-corrected chi connectivity index (χ2v) is 8.46. The Morgan fingerprint density at radius 3 is 2.78 bits per heavy atom. The van der Waals surface area contributed by atoms with Crippen LogP contribution in [-0.4, -0.2) is 52.6 Å². The maximum atomic E-state index is 13.2. The Bertz CT molecular complexity index is 1250. The number of hydrogen-bond acceptors (Lipinski definition) is 8. The van der Waals surface area contributed by atoms with Gasteiger partial charge in [0.15, 0.2) is 17.5 Å². The Morgan fingerprint density at radius 1 is 1.22 bits per heavy atom. The summed E-state index contributed by atoms with van der Waals surface area (Å²) in [6, 6.07) is 0. The van der Waals surface area contributed by atoms with Crippen molar-refractivity contribution in [2.45, 2.75) is 38.4 Å². The summed E-state index contributed by atoms with van der Waals surface area (Å²) in [5.41, 5.74) is 0.975. The molecule has 5 heterocycles. The first kappa shape index (κ1) is 20.5. The molecule has 32 heavy (non-hydrogen) atoms. The molecule has 0 unspecified atom stereocenters. The number of H-pyrrole nitrogens is 1. The van der Waals surface area contributed by atoms with E-state index in [0.717, 1.165) is 0 Å². The van der Waals surface area contributed by atoms with Crippen LogP contribution in [0, 0.1) is 0 Å². The van der Waals surface area contributed by atoms with Gasteiger partial charge in [-0.1, -0.05) is 6.92 Å². The van der Waals surface area contributed by atoms with E-state index in [1.165, 1.54) is 17.7 Å². The van der Waals surface area contributed by atoms with Crippen LogP contribution in [-0.2, 0) is 5.54 Å². The summed E-state index contributed by atoms with van der Waals surface area (Å²) in [5.74, 6) is 1.29. The number of aromatic nitrogens is 8. The average molecular weight is 461 g/mol. The molecule has 5 rings (SSSR count). The van der Waals surface area contributed by atoms with E-state index < -0.39 is 18.1 Å². The quantitative estimate of drug-likeness (QED) is 0.480. The minimum Gasteiger partial charge on any atom is -0.342 e. The van der Waals surface area contributed by atoms with Crippen molar-refractivity contribution in [2.24, 2.45) is 0 Å². The van der Waals surface area contributed by atoms with E-state index in [2.05, 4.69) is 30.4 Å². The lowest BCUT2D eigenvalue weighted by molar-refractivity contribution is -0.133. The summed E-state index contributed by atoms with van der Waals surface area (Å²) in [5, 5.41) is 17.8. The van der Waals surface area contributed by atoms with Gasteiger partial charge in [-0.15, -0.1) is 21.5 Å². The Hall–Kier alpha value is -3.35. The van der Waals surface area contributed by atoms with Gasteiger partial charge in [0.2, 0.25) is 0 Å². The maximum absolute atomic E-state index is 13.2. The third kappa shape index (κ3) is 3.23. The molecule has 13 heteroatoms. The molecule has 0 aromatic carbocycles. The van der Waals surface area contributed by atoms with Crippen LogP contribution in [0.4, 0.5) is 19.0 Å². The molecule has 4 aromatic heterocycles. The lowest BCUT2D eigenvalue weighted by Gasteiger charge is -2.45. The molecule has 0 spiro atoms. The van der Waals surface area contributed by atoms with Gasteiger partial charge in [0.1, 0.15) is 22.7 Å². The summed E-state index contributed by atoms with van der Waals surface area (Å²) < 4.78 is 41.3. The number of hydrogen-bond donors (Lipinski definition) is 1. The first-order valence-electron chi connectivity index (χ1n) is 9.87. The van der Waals surface area contributed by atoms with E-state index in [1.54, 1.807) is 28.1 Å². The highest BCUT2D eigenvalue weighted by atomic mass is 32.1. The van der Waals surface area contributed by atoms with E-state index in [1.807, 2.05) is 19.2 Å². The van der Waals surface area contributed by atoms with Crippen LogP contribution < -0.4 is 4.90 Å². The Kier molecular flexibility index (Phi) is 4.73. The zero-order valence-corrected chi connectivity index (χ0v) is 17.9. The van der Waals surface area contributed by atoms with Crippen LogP contribution >= 0.6 is 11.3 Å². The fraction of sp³-hybridized carbons (Fsp3) is 0.368. The third-order valence-electron chi connectivity index (χ3n) is 5.72. The van der Waals surface area contributed by atoms with Gasteiger partial charge in [0.25, 0.3) is 0 Å². The van der Waals surface area contributed by atoms with Crippen molar-refractivity contribution in [1.82, 2.24) is 39.9 Å².